The van der Waals surface area contributed by atoms with Crippen LogP contribution >= 0.6 is 0 Å². The number of anilines is 1. The molecule has 2 aliphatic rings. The highest BCUT2D eigenvalue weighted by molar-refractivity contribution is 7.85. The van der Waals surface area contributed by atoms with Crippen LogP contribution in [0.15, 0.2) is 18.3 Å². The van der Waals surface area contributed by atoms with Crippen LogP contribution in [-0.2, 0) is 37.1 Å². The quantitative estimate of drug-likeness (QED) is 0.683. The summed E-state index contributed by atoms with van der Waals surface area (Å²) >= 11 is -1.70. The Balaban J connectivity index is 1.52. The third-order valence-electron chi connectivity index (χ3n) is 6.03. The van der Waals surface area contributed by atoms with Gasteiger partial charge in [-0.05, 0) is 43.9 Å². The van der Waals surface area contributed by atoms with Crippen LogP contribution in [0.2, 0.25) is 0 Å². The minimum absolute atomic E-state index is 0.0879. The van der Waals surface area contributed by atoms with Crippen molar-refractivity contribution in [2.24, 2.45) is 0 Å². The second-order valence-corrected chi connectivity index (χ2v) is 9.33. The predicted octanol–water partition coefficient (Wildman–Crippen LogP) is 2.71. The first-order chi connectivity index (χ1) is 15.2. The zero-order valence-electron chi connectivity index (χ0n) is 18.0. The number of aryl methyl sites for hydroxylation is 1. The van der Waals surface area contributed by atoms with Gasteiger partial charge in [-0.15, -0.1) is 0 Å². The molecule has 1 aromatic carbocycles. The van der Waals surface area contributed by atoms with Crippen LogP contribution in [-0.4, -0.2) is 50.1 Å². The highest BCUT2D eigenvalue weighted by Gasteiger charge is 2.32. The maximum Gasteiger partial charge on any atom is 0.257 e. The lowest BCUT2D eigenvalue weighted by atomic mass is 9.97. The number of nitrogens with zero attached hydrogens (tertiary/aromatic N) is 4. The van der Waals surface area contributed by atoms with E-state index in [1.165, 1.54) is 8.99 Å². The maximum absolute atomic E-state index is 15.5. The largest absolute Gasteiger partial charge is 0.506 e. The normalized spacial score (nSPS) is 19.0. The topological polar surface area (TPSA) is 73.6 Å². The zero-order valence-corrected chi connectivity index (χ0v) is 18.8. The molecule has 0 amide bonds. The number of aromatic hydroxyl groups is 1. The first-order valence-corrected chi connectivity index (χ1v) is 11.5. The molecule has 1 aromatic heterocycles. The van der Waals surface area contributed by atoms with Gasteiger partial charge in [-0.1, -0.05) is 6.58 Å². The first-order valence-electron chi connectivity index (χ1n) is 10.4. The van der Waals surface area contributed by atoms with Gasteiger partial charge in [-0.2, -0.15) is 5.10 Å². The molecule has 0 spiro atoms. The summed E-state index contributed by atoms with van der Waals surface area (Å²) in [5, 5.41) is 14.6. The number of alkyl halides is 2. The Bertz CT molecular complexity index is 1090. The van der Waals surface area contributed by atoms with Crippen molar-refractivity contribution in [3.63, 3.8) is 0 Å². The van der Waals surface area contributed by atoms with Gasteiger partial charge in [-0.3, -0.25) is 18.6 Å². The third-order valence-corrected chi connectivity index (χ3v) is 7.20. The lowest BCUT2D eigenvalue weighted by Gasteiger charge is -2.30. The summed E-state index contributed by atoms with van der Waals surface area (Å²) in [6.07, 6.45) is -1.29. The van der Waals surface area contributed by atoms with Gasteiger partial charge < -0.3 is 5.11 Å². The van der Waals surface area contributed by atoms with Crippen LogP contribution in [0, 0.1) is 19.7 Å². The van der Waals surface area contributed by atoms with E-state index in [0.717, 1.165) is 22.5 Å². The van der Waals surface area contributed by atoms with Crippen molar-refractivity contribution < 1.29 is 22.5 Å². The zero-order chi connectivity index (χ0) is 23.2. The van der Waals surface area contributed by atoms with Crippen molar-refractivity contribution in [2.75, 3.05) is 23.9 Å². The van der Waals surface area contributed by atoms with Crippen molar-refractivity contribution in [1.29, 1.82) is 0 Å². The van der Waals surface area contributed by atoms with Crippen LogP contribution in [0.3, 0.4) is 0 Å². The molecular formula is C21H26F3N5O2S. The number of hydrogen-bond acceptors (Lipinski definition) is 4. The van der Waals surface area contributed by atoms with E-state index >= 15 is 4.39 Å². The molecule has 4 rings (SSSR count). The second kappa shape index (κ2) is 8.78. The van der Waals surface area contributed by atoms with E-state index < -0.39 is 30.0 Å². The number of phenolic OH excluding ortho intramolecular Hbond substituents is 1. The highest BCUT2D eigenvalue weighted by atomic mass is 32.2. The van der Waals surface area contributed by atoms with E-state index in [2.05, 4.69) is 21.3 Å². The SMILES string of the molecule is C=C1CN(c2c(O)cc3c(c2F)CN(CCc2c(C)nn(CC(F)F)c2C)CC3)S(=O)N1. The van der Waals surface area contributed by atoms with E-state index in [9.17, 15) is 18.1 Å². The predicted molar refractivity (Wildman–Crippen MR) is 116 cm³/mol. The van der Waals surface area contributed by atoms with Crippen molar-refractivity contribution >= 4 is 16.9 Å². The Labute approximate surface area is 187 Å². The van der Waals surface area contributed by atoms with Crippen LogP contribution in [0.25, 0.3) is 0 Å². The maximum atomic E-state index is 15.5. The van der Waals surface area contributed by atoms with Crippen molar-refractivity contribution in [2.45, 2.75) is 46.2 Å². The number of phenols is 1. The molecule has 174 valence electrons. The number of aromatic nitrogens is 2. The summed E-state index contributed by atoms with van der Waals surface area (Å²) in [7, 11) is 0. The van der Waals surface area contributed by atoms with Gasteiger partial charge in [0.1, 0.15) is 18.0 Å². The Kier molecular flexibility index (Phi) is 6.22. The van der Waals surface area contributed by atoms with E-state index in [-0.39, 0.29) is 18.0 Å². The molecule has 11 heteroatoms. The molecule has 2 aromatic rings. The Morgan fingerprint density at radius 1 is 1.34 bits per heavy atom. The van der Waals surface area contributed by atoms with Gasteiger partial charge in [0.05, 0.1) is 12.2 Å². The van der Waals surface area contributed by atoms with Crippen LogP contribution < -0.4 is 9.03 Å². The van der Waals surface area contributed by atoms with Gasteiger partial charge in [0.2, 0.25) is 11.2 Å². The summed E-state index contributed by atoms with van der Waals surface area (Å²) < 4.78 is 58.4. The molecule has 0 saturated carbocycles. The fraction of sp³-hybridized carbons (Fsp3) is 0.476. The van der Waals surface area contributed by atoms with Crippen LogP contribution in [0.5, 0.6) is 5.75 Å². The monoisotopic (exact) mass is 469 g/mol. The number of hydrogen-bond donors (Lipinski definition) is 2. The molecule has 1 atom stereocenters. The fourth-order valence-electron chi connectivity index (χ4n) is 4.40. The van der Waals surface area contributed by atoms with Crippen molar-refractivity contribution in [3.8, 4) is 5.75 Å². The number of benzene rings is 1. The van der Waals surface area contributed by atoms with Gasteiger partial charge in [0.15, 0.2) is 5.82 Å². The molecule has 0 radical (unpaired) electrons. The number of rotatable bonds is 6. The smallest absolute Gasteiger partial charge is 0.257 e. The van der Waals surface area contributed by atoms with Crippen molar-refractivity contribution in [1.82, 2.24) is 19.4 Å². The number of halogens is 3. The molecular weight excluding hydrogens is 443 g/mol. The Hall–Kier alpha value is -2.53. The van der Waals surface area contributed by atoms with E-state index in [1.807, 2.05) is 6.92 Å². The van der Waals surface area contributed by atoms with Crippen LogP contribution in [0.4, 0.5) is 18.9 Å². The summed E-state index contributed by atoms with van der Waals surface area (Å²) in [5.41, 5.74) is 3.98. The molecule has 1 unspecified atom stereocenters. The van der Waals surface area contributed by atoms with E-state index in [0.29, 0.717) is 43.7 Å². The van der Waals surface area contributed by atoms with Gasteiger partial charge >= 0.3 is 0 Å². The molecule has 7 nitrogen and oxygen atoms in total. The minimum Gasteiger partial charge on any atom is -0.506 e. The van der Waals surface area contributed by atoms with Gasteiger partial charge in [0, 0.05) is 36.6 Å². The van der Waals surface area contributed by atoms with E-state index in [4.69, 9.17) is 0 Å². The summed E-state index contributed by atoms with van der Waals surface area (Å²) in [6.45, 7) is 8.66. The summed E-state index contributed by atoms with van der Waals surface area (Å²) in [6, 6.07) is 1.55. The fourth-order valence-corrected chi connectivity index (χ4v) is 5.43. The minimum atomic E-state index is -2.47. The molecule has 32 heavy (non-hydrogen) atoms. The third kappa shape index (κ3) is 4.23. The molecule has 0 aliphatic carbocycles. The lowest BCUT2D eigenvalue weighted by Crippen LogP contribution is -2.34. The second-order valence-electron chi connectivity index (χ2n) is 8.19. The van der Waals surface area contributed by atoms with E-state index in [1.54, 1.807) is 13.0 Å². The molecule has 0 bridgehead atoms. The number of fused-ring (bicyclic) bond motifs is 1. The van der Waals surface area contributed by atoms with Gasteiger partial charge in [-0.25, -0.2) is 17.4 Å². The molecule has 1 saturated heterocycles. The first kappa shape index (κ1) is 22.7. The number of nitrogens with one attached hydrogen (secondary N) is 1. The lowest BCUT2D eigenvalue weighted by molar-refractivity contribution is 0.121. The summed E-state index contributed by atoms with van der Waals surface area (Å²) in [4.78, 5) is 2.09. The Morgan fingerprint density at radius 2 is 2.09 bits per heavy atom. The van der Waals surface area contributed by atoms with Gasteiger partial charge in [0.25, 0.3) is 6.43 Å². The molecule has 1 fully saturated rings. The highest BCUT2D eigenvalue weighted by Crippen LogP contribution is 2.39. The standard InChI is InChI=1S/C21H26F3N5O2S/c1-12-9-29(32(31)26-12)21-18(30)8-15-4-6-27(10-17(15)20(21)24)7-5-16-13(2)25-28(14(16)3)11-19(22)23/h8,19,26,30H,1,4-7,9-11H2,2-3H3. The van der Waals surface area contributed by atoms with Crippen molar-refractivity contribution in [3.05, 3.63) is 52.2 Å². The van der Waals surface area contributed by atoms with Crippen LogP contribution in [0.1, 0.15) is 28.1 Å². The Morgan fingerprint density at radius 3 is 2.75 bits per heavy atom. The average Bonchev–Trinajstić information content (AvgIpc) is 3.17. The molecule has 2 aliphatic heterocycles. The average molecular weight is 470 g/mol. The molecule has 2 N–H and O–H groups in total. The molecule has 3 heterocycles. The summed E-state index contributed by atoms with van der Waals surface area (Å²) in [5.74, 6) is -0.816.